The fourth-order valence-electron chi connectivity index (χ4n) is 4.38. The Morgan fingerprint density at radius 2 is 2.00 bits per heavy atom. The average molecular weight is 541 g/mol. The molecule has 0 bridgehead atoms. The van der Waals surface area contributed by atoms with Gasteiger partial charge in [0.15, 0.2) is 0 Å². The molecule has 1 saturated heterocycles. The monoisotopic (exact) mass is 540 g/mol. The normalized spacial score (nSPS) is 17.4. The van der Waals surface area contributed by atoms with Crippen LogP contribution in [0.5, 0.6) is 5.75 Å². The van der Waals surface area contributed by atoms with E-state index >= 15 is 0 Å². The van der Waals surface area contributed by atoms with Crippen molar-refractivity contribution in [1.82, 2.24) is 14.5 Å². The number of hydrogen-bond donors (Lipinski definition) is 1. The maximum Gasteiger partial charge on any atom is 0.419 e. The summed E-state index contributed by atoms with van der Waals surface area (Å²) < 4.78 is 30.1. The van der Waals surface area contributed by atoms with Gasteiger partial charge in [0.1, 0.15) is 29.4 Å². The van der Waals surface area contributed by atoms with E-state index in [9.17, 15) is 9.59 Å². The summed E-state index contributed by atoms with van der Waals surface area (Å²) in [5.41, 5.74) is 0.900. The average Bonchev–Trinajstić information content (AvgIpc) is 3.51. The van der Waals surface area contributed by atoms with Gasteiger partial charge in [0.25, 0.3) is 0 Å². The fraction of sp³-hybridized carbons (Fsp3) is 0.500. The van der Waals surface area contributed by atoms with Gasteiger partial charge in [0.05, 0.1) is 36.3 Å². The van der Waals surface area contributed by atoms with Crippen LogP contribution in [0, 0.1) is 0 Å². The van der Waals surface area contributed by atoms with Gasteiger partial charge >= 0.3 is 6.09 Å². The number of rotatable bonds is 9. The molecule has 11 nitrogen and oxygen atoms in total. The third-order valence-electron chi connectivity index (χ3n) is 6.20. The highest BCUT2D eigenvalue weighted by Gasteiger charge is 2.39. The molecule has 1 aliphatic rings. The van der Waals surface area contributed by atoms with Gasteiger partial charge < -0.3 is 29.0 Å². The Bertz CT molecular complexity index is 1340. The van der Waals surface area contributed by atoms with Crippen LogP contribution in [-0.4, -0.2) is 72.3 Å². The van der Waals surface area contributed by atoms with E-state index in [1.165, 1.54) is 17.7 Å². The number of carbonyl (C=O) groups excluding carboxylic acids is 2. The molecule has 0 aromatic carbocycles. The van der Waals surface area contributed by atoms with Crippen LogP contribution in [0.4, 0.5) is 10.6 Å². The van der Waals surface area contributed by atoms with Crippen molar-refractivity contribution in [2.24, 2.45) is 0 Å². The molecule has 1 atom stereocenters. The molecule has 0 unspecified atom stereocenters. The van der Waals surface area contributed by atoms with E-state index in [2.05, 4.69) is 10.3 Å². The summed E-state index contributed by atoms with van der Waals surface area (Å²) >= 11 is 0. The number of nitrogens with zero attached hydrogens (tertiary/aromatic N) is 3. The van der Waals surface area contributed by atoms with Gasteiger partial charge in [-0.1, -0.05) is 0 Å². The van der Waals surface area contributed by atoms with Gasteiger partial charge in [-0.3, -0.25) is 9.36 Å². The van der Waals surface area contributed by atoms with Crippen LogP contribution >= 0.6 is 0 Å². The summed E-state index contributed by atoms with van der Waals surface area (Å²) in [6.07, 6.45) is 3.27. The Kier molecular flexibility index (Phi) is 8.53. The lowest BCUT2D eigenvalue weighted by Gasteiger charge is -2.26. The molecule has 1 N–H and O–H groups in total. The SMILES string of the molecule is CCOCCOc1cc(-c2cn(C(=O)OC(C)(C)C)c3cnc(NC(C)=O)cc23)nc([C@]2(OC)CCOC2)c1. The van der Waals surface area contributed by atoms with Crippen molar-refractivity contribution in [3.63, 3.8) is 0 Å². The Hall–Kier alpha value is -3.54. The number of hydrogen-bond acceptors (Lipinski definition) is 9. The zero-order valence-corrected chi connectivity index (χ0v) is 23.3. The molecule has 39 heavy (non-hydrogen) atoms. The predicted molar refractivity (Wildman–Crippen MR) is 145 cm³/mol. The van der Waals surface area contributed by atoms with Crippen LogP contribution in [0.25, 0.3) is 22.2 Å². The molecule has 1 fully saturated rings. The van der Waals surface area contributed by atoms with Crippen molar-refractivity contribution in [1.29, 1.82) is 0 Å². The summed E-state index contributed by atoms with van der Waals surface area (Å²) in [6, 6.07) is 5.37. The van der Waals surface area contributed by atoms with E-state index in [0.717, 1.165) is 0 Å². The molecule has 11 heteroatoms. The lowest BCUT2D eigenvalue weighted by atomic mass is 9.96. The smallest absolute Gasteiger partial charge is 0.419 e. The van der Waals surface area contributed by atoms with E-state index in [1.54, 1.807) is 46.2 Å². The lowest BCUT2D eigenvalue weighted by Crippen LogP contribution is -2.30. The maximum absolute atomic E-state index is 13.2. The van der Waals surface area contributed by atoms with Crippen LogP contribution in [0.2, 0.25) is 0 Å². The summed E-state index contributed by atoms with van der Waals surface area (Å²) in [4.78, 5) is 34.2. The van der Waals surface area contributed by atoms with Crippen molar-refractivity contribution >= 4 is 28.7 Å². The van der Waals surface area contributed by atoms with Crippen molar-refractivity contribution in [2.45, 2.75) is 52.2 Å². The maximum atomic E-state index is 13.2. The minimum absolute atomic E-state index is 0.261. The summed E-state index contributed by atoms with van der Waals surface area (Å²) in [7, 11) is 1.64. The Morgan fingerprint density at radius 1 is 1.21 bits per heavy atom. The largest absolute Gasteiger partial charge is 0.491 e. The van der Waals surface area contributed by atoms with Crippen LogP contribution in [0.3, 0.4) is 0 Å². The molecule has 1 amide bonds. The van der Waals surface area contributed by atoms with Crippen LogP contribution in [-0.2, 0) is 29.3 Å². The second-order valence-corrected chi connectivity index (χ2v) is 10.3. The topological polar surface area (TPSA) is 123 Å². The first-order chi connectivity index (χ1) is 18.5. The highest BCUT2D eigenvalue weighted by Crippen LogP contribution is 2.38. The van der Waals surface area contributed by atoms with E-state index in [1.807, 2.05) is 13.0 Å². The van der Waals surface area contributed by atoms with Gasteiger partial charge in [0, 0.05) is 62.9 Å². The third kappa shape index (κ3) is 6.55. The molecule has 0 spiro atoms. The number of pyridine rings is 2. The predicted octanol–water partition coefficient (Wildman–Crippen LogP) is 4.52. The fourth-order valence-corrected chi connectivity index (χ4v) is 4.38. The Labute approximate surface area is 227 Å². The molecule has 210 valence electrons. The number of carbonyl (C=O) groups is 2. The summed E-state index contributed by atoms with van der Waals surface area (Å²) in [6.45, 7) is 11.0. The first-order valence-corrected chi connectivity index (χ1v) is 12.9. The number of anilines is 1. The number of ether oxygens (including phenoxy) is 5. The zero-order chi connectivity index (χ0) is 28.2. The van der Waals surface area contributed by atoms with Crippen LogP contribution < -0.4 is 10.1 Å². The quantitative estimate of drug-likeness (QED) is 0.390. The van der Waals surface area contributed by atoms with Crippen molar-refractivity contribution in [3.05, 3.63) is 36.3 Å². The molecular formula is C28H36N4O7. The molecule has 1 aliphatic heterocycles. The first-order valence-electron chi connectivity index (χ1n) is 12.9. The molecular weight excluding hydrogens is 504 g/mol. The van der Waals surface area contributed by atoms with Gasteiger partial charge in [-0.05, 0) is 33.8 Å². The van der Waals surface area contributed by atoms with Gasteiger partial charge in [0.2, 0.25) is 5.91 Å². The number of methoxy groups -OCH3 is 1. The standard InChI is InChI=1S/C28H36N4O7/c1-7-36-10-11-38-19-12-22(31-24(13-19)28(35-6)8-9-37-17-28)21-16-32(26(34)39-27(3,4)5)23-15-29-25(14-20(21)23)30-18(2)33/h12-16H,7-11,17H2,1-6H3,(H,29,30,33)/t28-/m0/s1. The van der Waals surface area contributed by atoms with Crippen molar-refractivity contribution < 1.29 is 33.3 Å². The van der Waals surface area contributed by atoms with Crippen LogP contribution in [0.15, 0.2) is 30.6 Å². The first kappa shape index (κ1) is 28.5. The molecule has 3 aromatic heterocycles. The van der Waals surface area contributed by atoms with E-state index in [0.29, 0.717) is 78.9 Å². The molecule has 3 aromatic rings. The minimum Gasteiger partial charge on any atom is -0.491 e. The zero-order valence-electron chi connectivity index (χ0n) is 23.3. The molecule has 4 heterocycles. The number of fused-ring (bicyclic) bond motifs is 1. The van der Waals surface area contributed by atoms with Crippen molar-refractivity contribution in [3.8, 4) is 17.0 Å². The Balaban J connectivity index is 1.88. The molecule has 0 aliphatic carbocycles. The second kappa shape index (κ2) is 11.7. The number of amides is 1. The van der Waals surface area contributed by atoms with Gasteiger partial charge in [-0.15, -0.1) is 0 Å². The second-order valence-electron chi connectivity index (χ2n) is 10.3. The third-order valence-corrected chi connectivity index (χ3v) is 6.20. The van der Waals surface area contributed by atoms with Crippen molar-refractivity contribution in [2.75, 3.05) is 45.5 Å². The summed E-state index contributed by atoms with van der Waals surface area (Å²) in [5.74, 6) is 0.663. The van der Waals surface area contributed by atoms with Gasteiger partial charge in [-0.2, -0.15) is 0 Å². The lowest BCUT2D eigenvalue weighted by molar-refractivity contribution is -0.114. The highest BCUT2D eigenvalue weighted by atomic mass is 16.6. The van der Waals surface area contributed by atoms with E-state index in [-0.39, 0.29) is 5.91 Å². The minimum atomic E-state index is -0.736. The molecule has 4 rings (SSSR count). The van der Waals surface area contributed by atoms with Gasteiger partial charge in [-0.25, -0.2) is 14.8 Å². The van der Waals surface area contributed by atoms with E-state index < -0.39 is 17.3 Å². The summed E-state index contributed by atoms with van der Waals surface area (Å²) in [5, 5.41) is 3.36. The van der Waals surface area contributed by atoms with E-state index in [4.69, 9.17) is 28.7 Å². The van der Waals surface area contributed by atoms with Crippen LogP contribution in [0.1, 0.15) is 46.7 Å². The molecule has 0 saturated carbocycles. The Morgan fingerprint density at radius 3 is 2.64 bits per heavy atom. The number of nitrogens with one attached hydrogen (secondary N) is 1. The number of aromatic nitrogens is 3. The highest BCUT2D eigenvalue weighted by molar-refractivity contribution is 6.02. The molecule has 0 radical (unpaired) electrons.